The summed E-state index contributed by atoms with van der Waals surface area (Å²) < 4.78 is 49.4. The van der Waals surface area contributed by atoms with Gasteiger partial charge >= 0.3 is 6.18 Å². The highest BCUT2D eigenvalue weighted by Gasteiger charge is 2.30. The molecule has 0 amide bonds. The molecular weight excluding hydrogens is 395 g/mol. The van der Waals surface area contributed by atoms with Crippen molar-refractivity contribution in [2.24, 2.45) is 0 Å². The second-order valence-corrected chi connectivity index (χ2v) is 6.32. The molecular formula is C23H18F3NO3. The van der Waals surface area contributed by atoms with Gasteiger partial charge in [0.05, 0.1) is 12.7 Å². The van der Waals surface area contributed by atoms with Gasteiger partial charge in [0.15, 0.2) is 5.78 Å². The monoisotopic (exact) mass is 413 g/mol. The molecule has 1 heterocycles. The van der Waals surface area contributed by atoms with E-state index in [1.807, 2.05) is 0 Å². The number of carbonyl (C=O) groups excluding carboxylic acids is 1. The minimum absolute atomic E-state index is 0.00269. The molecule has 0 spiro atoms. The fraction of sp³-hybridized carbons (Fsp3) is 0.130. The van der Waals surface area contributed by atoms with Gasteiger partial charge in [-0.2, -0.15) is 13.2 Å². The van der Waals surface area contributed by atoms with Crippen molar-refractivity contribution in [1.29, 1.82) is 0 Å². The van der Waals surface area contributed by atoms with Crippen molar-refractivity contribution in [2.45, 2.75) is 12.8 Å². The van der Waals surface area contributed by atoms with Gasteiger partial charge in [-0.25, -0.2) is 0 Å². The Kier molecular flexibility index (Phi) is 6.51. The highest BCUT2D eigenvalue weighted by molar-refractivity contribution is 6.06. The van der Waals surface area contributed by atoms with Crippen LogP contribution in [-0.2, 0) is 12.8 Å². The molecule has 0 aliphatic heterocycles. The van der Waals surface area contributed by atoms with Crippen molar-refractivity contribution in [1.82, 2.24) is 4.98 Å². The van der Waals surface area contributed by atoms with Crippen molar-refractivity contribution < 1.29 is 27.4 Å². The van der Waals surface area contributed by atoms with Crippen LogP contribution < -0.4 is 9.47 Å². The Bertz CT molecular complexity index is 1050. The molecule has 3 rings (SSSR count). The van der Waals surface area contributed by atoms with Crippen LogP contribution in [0.4, 0.5) is 13.2 Å². The average Bonchev–Trinajstić information content (AvgIpc) is 2.76. The second-order valence-electron chi connectivity index (χ2n) is 6.32. The van der Waals surface area contributed by atoms with Crippen molar-refractivity contribution in [3.8, 4) is 11.5 Å². The van der Waals surface area contributed by atoms with E-state index < -0.39 is 11.7 Å². The lowest BCUT2D eigenvalue weighted by Crippen LogP contribution is -2.05. The molecule has 0 aliphatic carbocycles. The van der Waals surface area contributed by atoms with Crippen LogP contribution in [0.2, 0.25) is 0 Å². The van der Waals surface area contributed by atoms with E-state index in [2.05, 4.69) is 4.98 Å². The highest BCUT2D eigenvalue weighted by Crippen LogP contribution is 2.32. The van der Waals surface area contributed by atoms with Gasteiger partial charge in [0.1, 0.15) is 18.1 Å². The number of halogens is 3. The molecule has 7 heteroatoms. The summed E-state index contributed by atoms with van der Waals surface area (Å²) in [7, 11) is 1.49. The maximum Gasteiger partial charge on any atom is 0.416 e. The highest BCUT2D eigenvalue weighted by atomic mass is 19.4. The number of nitrogens with zero attached hydrogens (tertiary/aromatic N) is 1. The Labute approximate surface area is 171 Å². The predicted octanol–water partition coefficient (Wildman–Crippen LogP) is 5.58. The molecule has 30 heavy (non-hydrogen) atoms. The number of aromatic nitrogens is 1. The van der Waals surface area contributed by atoms with Gasteiger partial charge in [0, 0.05) is 23.5 Å². The van der Waals surface area contributed by atoms with Crippen molar-refractivity contribution in [2.75, 3.05) is 7.11 Å². The summed E-state index contributed by atoms with van der Waals surface area (Å²) >= 11 is 0. The number of carbonyl (C=O) groups is 1. The van der Waals surface area contributed by atoms with Crippen LogP contribution in [0, 0.1) is 0 Å². The van der Waals surface area contributed by atoms with Crippen LogP contribution >= 0.6 is 0 Å². The van der Waals surface area contributed by atoms with E-state index in [4.69, 9.17) is 9.47 Å². The minimum Gasteiger partial charge on any atom is -0.496 e. The molecule has 0 saturated heterocycles. The third-order valence-corrected chi connectivity index (χ3v) is 4.23. The molecule has 0 atom stereocenters. The first-order chi connectivity index (χ1) is 14.4. The van der Waals surface area contributed by atoms with Crippen LogP contribution in [-0.4, -0.2) is 17.9 Å². The molecule has 0 saturated carbocycles. The smallest absolute Gasteiger partial charge is 0.416 e. The van der Waals surface area contributed by atoms with Crippen LogP contribution in [0.1, 0.15) is 27.0 Å². The lowest BCUT2D eigenvalue weighted by Gasteiger charge is -2.13. The van der Waals surface area contributed by atoms with Gasteiger partial charge in [0.25, 0.3) is 0 Å². The Balaban J connectivity index is 1.75. The van der Waals surface area contributed by atoms with E-state index in [9.17, 15) is 18.0 Å². The van der Waals surface area contributed by atoms with Crippen LogP contribution in [0.3, 0.4) is 0 Å². The molecule has 1 aromatic heterocycles. The minimum atomic E-state index is -4.44. The van der Waals surface area contributed by atoms with Gasteiger partial charge in [-0.3, -0.25) is 9.78 Å². The van der Waals surface area contributed by atoms with Crippen LogP contribution in [0.15, 0.2) is 73.1 Å². The van der Waals surface area contributed by atoms with Crippen molar-refractivity contribution in [3.63, 3.8) is 0 Å². The number of benzene rings is 2. The lowest BCUT2D eigenvalue weighted by molar-refractivity contribution is -0.137. The average molecular weight is 413 g/mol. The zero-order chi connectivity index (χ0) is 21.6. The first-order valence-electron chi connectivity index (χ1n) is 8.96. The van der Waals surface area contributed by atoms with Gasteiger partial charge < -0.3 is 9.47 Å². The summed E-state index contributed by atoms with van der Waals surface area (Å²) in [6.45, 7) is 0.00269. The maximum absolute atomic E-state index is 12.9. The Morgan fingerprint density at radius 1 is 1.10 bits per heavy atom. The van der Waals surface area contributed by atoms with Crippen LogP contribution in [0.5, 0.6) is 11.5 Å². The largest absolute Gasteiger partial charge is 0.496 e. The zero-order valence-electron chi connectivity index (χ0n) is 16.0. The van der Waals surface area contributed by atoms with Crippen LogP contribution in [0.25, 0.3) is 6.08 Å². The van der Waals surface area contributed by atoms with Crippen molar-refractivity contribution in [3.05, 3.63) is 95.3 Å². The summed E-state index contributed by atoms with van der Waals surface area (Å²) in [5.41, 5.74) is 1.04. The summed E-state index contributed by atoms with van der Waals surface area (Å²) in [6.07, 6.45) is 1.69. The van der Waals surface area contributed by atoms with E-state index >= 15 is 0 Å². The van der Waals surface area contributed by atoms with Gasteiger partial charge in [-0.1, -0.05) is 18.2 Å². The normalized spacial score (nSPS) is 11.5. The summed E-state index contributed by atoms with van der Waals surface area (Å²) in [6, 6.07) is 13.2. The molecule has 0 unspecified atom stereocenters. The lowest BCUT2D eigenvalue weighted by atomic mass is 10.1. The molecule has 154 valence electrons. The molecule has 0 N–H and O–H groups in total. The van der Waals surface area contributed by atoms with Crippen molar-refractivity contribution >= 4 is 11.9 Å². The molecule has 0 radical (unpaired) electrons. The Morgan fingerprint density at radius 2 is 1.93 bits per heavy atom. The Hall–Kier alpha value is -3.61. The van der Waals surface area contributed by atoms with E-state index in [1.165, 1.54) is 31.5 Å². The third kappa shape index (κ3) is 5.47. The first kappa shape index (κ1) is 21.1. The number of hydrogen-bond acceptors (Lipinski definition) is 4. The number of allylic oxidation sites excluding steroid dienone is 1. The number of ether oxygens (including phenoxy) is 2. The quantitative estimate of drug-likeness (QED) is 0.375. The molecule has 3 aromatic rings. The summed E-state index contributed by atoms with van der Waals surface area (Å²) in [4.78, 5) is 16.1. The predicted molar refractivity (Wildman–Crippen MR) is 106 cm³/mol. The van der Waals surface area contributed by atoms with Gasteiger partial charge in [-0.05, 0) is 54.1 Å². The standard InChI is InChI=1S/C23H18F3NO3/c1-29-22-10-8-16(7-9-21(28)17-4-3-11-27-14-17)12-18(22)15-30-20-6-2-5-19(13-20)23(24,25)26/h2-14H,15H2,1H3/b9-7+. The SMILES string of the molecule is COc1ccc(/C=C/C(=O)c2cccnc2)cc1COc1cccc(C(F)(F)F)c1. The number of hydrogen-bond donors (Lipinski definition) is 0. The number of pyridine rings is 1. The number of ketones is 1. The third-order valence-electron chi connectivity index (χ3n) is 4.23. The first-order valence-corrected chi connectivity index (χ1v) is 8.96. The number of rotatable bonds is 7. The summed E-state index contributed by atoms with van der Waals surface area (Å²) in [5.74, 6) is 0.429. The Morgan fingerprint density at radius 3 is 2.63 bits per heavy atom. The molecule has 4 nitrogen and oxygen atoms in total. The van der Waals surface area contributed by atoms with E-state index in [0.717, 1.165) is 17.7 Å². The second kappa shape index (κ2) is 9.26. The van der Waals surface area contributed by atoms with E-state index in [-0.39, 0.29) is 18.1 Å². The molecule has 0 bridgehead atoms. The van der Waals surface area contributed by atoms with Gasteiger partial charge in [0.2, 0.25) is 0 Å². The zero-order valence-corrected chi connectivity index (χ0v) is 16.0. The molecule has 0 fully saturated rings. The summed E-state index contributed by atoms with van der Waals surface area (Å²) in [5, 5.41) is 0. The molecule has 0 aliphatic rings. The van der Waals surface area contributed by atoms with E-state index in [1.54, 1.807) is 42.6 Å². The maximum atomic E-state index is 12.9. The fourth-order valence-electron chi connectivity index (χ4n) is 2.71. The number of alkyl halides is 3. The van der Waals surface area contributed by atoms with Gasteiger partial charge in [-0.15, -0.1) is 0 Å². The number of methoxy groups -OCH3 is 1. The fourth-order valence-corrected chi connectivity index (χ4v) is 2.71. The van der Waals surface area contributed by atoms with E-state index in [0.29, 0.717) is 16.9 Å². The topological polar surface area (TPSA) is 48.4 Å². The molecule has 2 aromatic carbocycles.